The maximum absolute atomic E-state index is 12.4. The fourth-order valence-electron chi connectivity index (χ4n) is 3.15. The molecule has 7 nitrogen and oxygen atoms in total. The lowest BCUT2D eigenvalue weighted by Crippen LogP contribution is -2.34. The topological polar surface area (TPSA) is 92.6 Å². The summed E-state index contributed by atoms with van der Waals surface area (Å²) < 4.78 is 0. The molecule has 1 aliphatic heterocycles. The van der Waals surface area contributed by atoms with Crippen molar-refractivity contribution >= 4 is 28.9 Å². The summed E-state index contributed by atoms with van der Waals surface area (Å²) in [4.78, 5) is 36.8. The van der Waals surface area contributed by atoms with Gasteiger partial charge in [-0.15, -0.1) is 0 Å². The minimum atomic E-state index is -0.573. The SMILES string of the molecule is CCC(=O)N1CCCc2cc(NC(=O)c3ccccc3[N+](=O)[O-])ccc21. The summed E-state index contributed by atoms with van der Waals surface area (Å²) in [6, 6.07) is 11.2. The Balaban J connectivity index is 1.85. The van der Waals surface area contributed by atoms with Gasteiger partial charge in [-0.1, -0.05) is 19.1 Å². The van der Waals surface area contributed by atoms with Crippen LogP contribution < -0.4 is 10.2 Å². The van der Waals surface area contributed by atoms with Crippen LogP contribution in [-0.2, 0) is 11.2 Å². The first kappa shape index (κ1) is 17.6. The Bertz CT molecular complexity index is 879. The van der Waals surface area contributed by atoms with Crippen molar-refractivity contribution in [3.63, 3.8) is 0 Å². The molecule has 0 bridgehead atoms. The molecule has 2 aromatic rings. The van der Waals surface area contributed by atoms with Gasteiger partial charge in [0.05, 0.1) is 4.92 Å². The summed E-state index contributed by atoms with van der Waals surface area (Å²) in [5.74, 6) is -0.461. The summed E-state index contributed by atoms with van der Waals surface area (Å²) >= 11 is 0. The molecule has 2 aromatic carbocycles. The predicted molar refractivity (Wildman–Crippen MR) is 98.5 cm³/mol. The molecule has 0 spiro atoms. The van der Waals surface area contributed by atoms with Crippen molar-refractivity contribution in [2.75, 3.05) is 16.8 Å². The van der Waals surface area contributed by atoms with E-state index in [0.717, 1.165) is 24.1 Å². The molecule has 0 atom stereocenters. The molecule has 1 aliphatic rings. The Morgan fingerprint density at radius 2 is 2.00 bits per heavy atom. The van der Waals surface area contributed by atoms with E-state index in [9.17, 15) is 19.7 Å². The average molecular weight is 353 g/mol. The molecule has 0 fully saturated rings. The van der Waals surface area contributed by atoms with E-state index in [1.807, 2.05) is 19.1 Å². The van der Waals surface area contributed by atoms with E-state index in [2.05, 4.69) is 5.32 Å². The van der Waals surface area contributed by atoms with Crippen molar-refractivity contribution in [3.05, 3.63) is 63.7 Å². The van der Waals surface area contributed by atoms with Crippen LogP contribution in [0, 0.1) is 10.1 Å². The number of nitrogens with one attached hydrogen (secondary N) is 1. The van der Waals surface area contributed by atoms with Gasteiger partial charge in [0, 0.05) is 30.4 Å². The normalized spacial score (nSPS) is 13.0. The molecule has 0 saturated heterocycles. The first-order valence-corrected chi connectivity index (χ1v) is 8.49. The second-order valence-corrected chi connectivity index (χ2v) is 6.07. The second-order valence-electron chi connectivity index (χ2n) is 6.07. The lowest BCUT2D eigenvalue weighted by Gasteiger charge is -2.29. The molecule has 3 rings (SSSR count). The molecular formula is C19H19N3O4. The van der Waals surface area contributed by atoms with Gasteiger partial charge >= 0.3 is 0 Å². The highest BCUT2D eigenvalue weighted by molar-refractivity contribution is 6.07. The highest BCUT2D eigenvalue weighted by Gasteiger charge is 2.23. The van der Waals surface area contributed by atoms with Gasteiger partial charge in [0.25, 0.3) is 11.6 Å². The van der Waals surface area contributed by atoms with Gasteiger partial charge in [0.15, 0.2) is 0 Å². The number of amides is 2. The number of aryl methyl sites for hydroxylation is 1. The molecule has 26 heavy (non-hydrogen) atoms. The third-order valence-corrected chi connectivity index (χ3v) is 4.40. The second kappa shape index (κ2) is 7.35. The number of anilines is 2. The fourth-order valence-corrected chi connectivity index (χ4v) is 3.15. The van der Waals surface area contributed by atoms with Crippen LogP contribution in [0.15, 0.2) is 42.5 Å². The third-order valence-electron chi connectivity index (χ3n) is 4.40. The zero-order valence-electron chi connectivity index (χ0n) is 14.4. The van der Waals surface area contributed by atoms with Crippen LogP contribution in [0.4, 0.5) is 17.1 Å². The molecule has 1 N–H and O–H groups in total. The largest absolute Gasteiger partial charge is 0.322 e. The van der Waals surface area contributed by atoms with Gasteiger partial charge < -0.3 is 10.2 Å². The van der Waals surface area contributed by atoms with Crippen LogP contribution in [0.3, 0.4) is 0 Å². The van der Waals surface area contributed by atoms with Gasteiger partial charge in [-0.25, -0.2) is 0 Å². The Morgan fingerprint density at radius 1 is 1.23 bits per heavy atom. The minimum absolute atomic E-state index is 0.0120. The van der Waals surface area contributed by atoms with E-state index in [1.54, 1.807) is 17.0 Å². The lowest BCUT2D eigenvalue weighted by molar-refractivity contribution is -0.385. The summed E-state index contributed by atoms with van der Waals surface area (Å²) in [5, 5.41) is 13.8. The monoisotopic (exact) mass is 353 g/mol. The number of carbonyl (C=O) groups is 2. The van der Waals surface area contributed by atoms with Crippen molar-refractivity contribution in [2.45, 2.75) is 26.2 Å². The molecule has 0 aliphatic carbocycles. The number of hydrogen-bond acceptors (Lipinski definition) is 4. The number of carbonyl (C=O) groups excluding carboxylic acids is 2. The lowest BCUT2D eigenvalue weighted by atomic mass is 10.0. The summed E-state index contributed by atoms with van der Waals surface area (Å²) in [5.41, 5.74) is 2.18. The molecule has 0 radical (unpaired) electrons. The van der Waals surface area contributed by atoms with Crippen LogP contribution in [0.2, 0.25) is 0 Å². The fraction of sp³-hybridized carbons (Fsp3) is 0.263. The molecule has 134 valence electrons. The number of hydrogen-bond donors (Lipinski definition) is 1. The zero-order chi connectivity index (χ0) is 18.7. The van der Waals surface area contributed by atoms with Crippen LogP contribution >= 0.6 is 0 Å². The van der Waals surface area contributed by atoms with E-state index < -0.39 is 10.8 Å². The number of nitro groups is 1. The summed E-state index contributed by atoms with van der Waals surface area (Å²) in [6.45, 7) is 2.53. The highest BCUT2D eigenvalue weighted by atomic mass is 16.6. The Morgan fingerprint density at radius 3 is 2.73 bits per heavy atom. The van der Waals surface area contributed by atoms with E-state index >= 15 is 0 Å². The maximum Gasteiger partial charge on any atom is 0.282 e. The van der Waals surface area contributed by atoms with Crippen molar-refractivity contribution in [1.82, 2.24) is 0 Å². The quantitative estimate of drug-likeness (QED) is 0.672. The van der Waals surface area contributed by atoms with Gasteiger partial charge in [0.1, 0.15) is 5.56 Å². The van der Waals surface area contributed by atoms with Gasteiger partial charge in [-0.05, 0) is 42.7 Å². The smallest absolute Gasteiger partial charge is 0.282 e. The van der Waals surface area contributed by atoms with Crippen LogP contribution in [-0.4, -0.2) is 23.3 Å². The summed E-state index contributed by atoms with van der Waals surface area (Å²) in [6.07, 6.45) is 2.12. The van der Waals surface area contributed by atoms with E-state index in [-0.39, 0.29) is 17.2 Å². The molecule has 7 heteroatoms. The van der Waals surface area contributed by atoms with Gasteiger partial charge in [-0.3, -0.25) is 19.7 Å². The number of benzene rings is 2. The molecular weight excluding hydrogens is 334 g/mol. The molecule has 0 aromatic heterocycles. The minimum Gasteiger partial charge on any atom is -0.322 e. The molecule has 1 heterocycles. The molecule has 2 amide bonds. The van der Waals surface area contributed by atoms with E-state index in [0.29, 0.717) is 18.7 Å². The zero-order valence-corrected chi connectivity index (χ0v) is 14.4. The van der Waals surface area contributed by atoms with E-state index in [4.69, 9.17) is 0 Å². The average Bonchev–Trinajstić information content (AvgIpc) is 2.66. The Hall–Kier alpha value is -3.22. The van der Waals surface area contributed by atoms with Crippen molar-refractivity contribution < 1.29 is 14.5 Å². The van der Waals surface area contributed by atoms with Crippen molar-refractivity contribution in [3.8, 4) is 0 Å². The van der Waals surface area contributed by atoms with Crippen LogP contribution in [0.25, 0.3) is 0 Å². The van der Waals surface area contributed by atoms with Crippen LogP contribution in [0.1, 0.15) is 35.7 Å². The standard InChI is InChI=1S/C19H19N3O4/c1-2-18(23)21-11-5-6-13-12-14(9-10-16(13)21)20-19(24)15-7-3-4-8-17(15)22(25)26/h3-4,7-10,12H,2,5-6,11H2,1H3,(H,20,24). The van der Waals surface area contributed by atoms with Gasteiger partial charge in [-0.2, -0.15) is 0 Å². The Kier molecular flexibility index (Phi) is 4.97. The Labute approximate surface area is 150 Å². The van der Waals surface area contributed by atoms with Crippen molar-refractivity contribution in [2.24, 2.45) is 0 Å². The third kappa shape index (κ3) is 3.42. The molecule has 0 unspecified atom stereocenters. The van der Waals surface area contributed by atoms with Crippen LogP contribution in [0.5, 0.6) is 0 Å². The van der Waals surface area contributed by atoms with Gasteiger partial charge in [0.2, 0.25) is 5.91 Å². The number of nitrogens with zero attached hydrogens (tertiary/aromatic N) is 2. The van der Waals surface area contributed by atoms with Crippen molar-refractivity contribution in [1.29, 1.82) is 0 Å². The predicted octanol–water partition coefficient (Wildman–Crippen LogP) is 3.54. The first-order chi connectivity index (χ1) is 12.5. The first-order valence-electron chi connectivity index (χ1n) is 8.49. The number of rotatable bonds is 4. The number of nitro benzene ring substituents is 1. The van der Waals surface area contributed by atoms with E-state index in [1.165, 1.54) is 18.2 Å². The highest BCUT2D eigenvalue weighted by Crippen LogP contribution is 2.30. The summed E-state index contributed by atoms with van der Waals surface area (Å²) in [7, 11) is 0. The maximum atomic E-state index is 12.4. The number of fused-ring (bicyclic) bond motifs is 1. The molecule has 0 saturated carbocycles. The number of para-hydroxylation sites is 1.